The fraction of sp³-hybridized carbons (Fsp3) is 0.278. The highest BCUT2D eigenvalue weighted by Crippen LogP contribution is 2.33. The van der Waals surface area contributed by atoms with Crippen LogP contribution in [0.5, 0.6) is 0 Å². The second-order valence-corrected chi connectivity index (χ2v) is 5.49. The number of hydroxylamine groups is 1. The van der Waals surface area contributed by atoms with E-state index < -0.39 is 6.04 Å². The zero-order chi connectivity index (χ0) is 15.5. The summed E-state index contributed by atoms with van der Waals surface area (Å²) in [5.74, 6) is -0.291. The second kappa shape index (κ2) is 6.30. The average Bonchev–Trinajstić information content (AvgIpc) is 2.92. The van der Waals surface area contributed by atoms with Crippen LogP contribution in [0.1, 0.15) is 17.3 Å². The van der Waals surface area contributed by atoms with Crippen LogP contribution in [0, 0.1) is 5.92 Å². The van der Waals surface area contributed by atoms with Gasteiger partial charge in [0, 0.05) is 11.5 Å². The maximum Gasteiger partial charge on any atom is 0.188 e. The van der Waals surface area contributed by atoms with Gasteiger partial charge in [-0.05, 0) is 19.1 Å². The van der Waals surface area contributed by atoms with Crippen LogP contribution in [0.4, 0.5) is 5.69 Å². The number of para-hydroxylation sites is 1. The standard InChI is InChI=1S/C18H19NO3/c1-13-16(12-20)17(18(21)14-8-4-2-5-9-14)19(22-13)15-10-6-3-7-11-15/h2-11,13,16-17,20H,12H2,1H3. The zero-order valence-corrected chi connectivity index (χ0v) is 12.4. The molecule has 4 nitrogen and oxygen atoms in total. The monoisotopic (exact) mass is 297 g/mol. The Bertz CT molecular complexity index is 629. The van der Waals surface area contributed by atoms with Gasteiger partial charge in [0.15, 0.2) is 5.78 Å². The minimum Gasteiger partial charge on any atom is -0.396 e. The minimum absolute atomic E-state index is 0.0344. The molecule has 0 spiro atoms. The molecule has 4 heteroatoms. The van der Waals surface area contributed by atoms with Crippen LogP contribution in [0.15, 0.2) is 60.7 Å². The topological polar surface area (TPSA) is 49.8 Å². The van der Waals surface area contributed by atoms with E-state index in [2.05, 4.69) is 0 Å². The summed E-state index contributed by atoms with van der Waals surface area (Å²) in [5, 5.41) is 11.3. The van der Waals surface area contributed by atoms with Gasteiger partial charge in [-0.15, -0.1) is 0 Å². The van der Waals surface area contributed by atoms with E-state index in [9.17, 15) is 9.90 Å². The number of aliphatic hydroxyl groups is 1. The molecule has 1 saturated heterocycles. The number of nitrogens with zero attached hydrogens (tertiary/aromatic N) is 1. The molecule has 0 aromatic heterocycles. The van der Waals surface area contributed by atoms with E-state index in [-0.39, 0.29) is 24.4 Å². The number of aliphatic hydroxyl groups excluding tert-OH is 1. The zero-order valence-electron chi connectivity index (χ0n) is 12.4. The lowest BCUT2D eigenvalue weighted by Crippen LogP contribution is -2.41. The van der Waals surface area contributed by atoms with Crippen molar-refractivity contribution in [2.75, 3.05) is 11.7 Å². The first-order valence-electron chi connectivity index (χ1n) is 7.43. The van der Waals surface area contributed by atoms with Gasteiger partial charge in [0.1, 0.15) is 6.04 Å². The van der Waals surface area contributed by atoms with Crippen LogP contribution >= 0.6 is 0 Å². The molecular weight excluding hydrogens is 278 g/mol. The first kappa shape index (κ1) is 14.8. The Labute approximate surface area is 129 Å². The fourth-order valence-corrected chi connectivity index (χ4v) is 2.87. The van der Waals surface area contributed by atoms with Gasteiger partial charge in [-0.25, -0.2) is 5.06 Å². The van der Waals surface area contributed by atoms with Gasteiger partial charge in [0.2, 0.25) is 0 Å². The highest BCUT2D eigenvalue weighted by atomic mass is 16.7. The lowest BCUT2D eigenvalue weighted by molar-refractivity contribution is 0.0694. The summed E-state index contributed by atoms with van der Waals surface area (Å²) in [6.45, 7) is 1.79. The van der Waals surface area contributed by atoms with Crippen molar-refractivity contribution in [2.24, 2.45) is 5.92 Å². The molecule has 2 aromatic carbocycles. The maximum atomic E-state index is 12.9. The molecule has 1 N–H and O–H groups in total. The SMILES string of the molecule is CC1ON(c2ccccc2)C(C(=O)c2ccccc2)C1CO. The van der Waals surface area contributed by atoms with E-state index in [0.717, 1.165) is 5.69 Å². The van der Waals surface area contributed by atoms with E-state index in [1.165, 1.54) is 0 Å². The number of Topliss-reactive ketones (excluding diaryl/α,β-unsaturated/α-hetero) is 1. The van der Waals surface area contributed by atoms with Crippen LogP contribution in [0.2, 0.25) is 0 Å². The molecular formula is C18H19NO3. The summed E-state index contributed by atoms with van der Waals surface area (Å²) < 4.78 is 0. The Kier molecular flexibility index (Phi) is 4.22. The molecule has 3 atom stereocenters. The van der Waals surface area contributed by atoms with Gasteiger partial charge < -0.3 is 5.11 Å². The van der Waals surface area contributed by atoms with Crippen molar-refractivity contribution in [3.63, 3.8) is 0 Å². The van der Waals surface area contributed by atoms with Crippen molar-refractivity contribution < 1.29 is 14.7 Å². The summed E-state index contributed by atoms with van der Waals surface area (Å²) in [6, 6.07) is 18.1. The number of benzene rings is 2. The quantitative estimate of drug-likeness (QED) is 0.882. The summed E-state index contributed by atoms with van der Waals surface area (Å²) in [5.41, 5.74) is 1.45. The van der Waals surface area contributed by atoms with Crippen molar-refractivity contribution in [1.29, 1.82) is 0 Å². The van der Waals surface area contributed by atoms with Gasteiger partial charge in [-0.1, -0.05) is 48.5 Å². The lowest BCUT2D eigenvalue weighted by atomic mass is 9.90. The van der Waals surface area contributed by atoms with Gasteiger partial charge >= 0.3 is 0 Å². The molecule has 3 rings (SSSR count). The molecule has 114 valence electrons. The fourth-order valence-electron chi connectivity index (χ4n) is 2.87. The van der Waals surface area contributed by atoms with E-state index in [4.69, 9.17) is 4.84 Å². The molecule has 0 amide bonds. The predicted octanol–water partition coefficient (Wildman–Crippen LogP) is 2.69. The number of ketones is 1. The van der Waals surface area contributed by atoms with Gasteiger partial charge in [-0.2, -0.15) is 0 Å². The maximum absolute atomic E-state index is 12.9. The molecule has 1 aliphatic heterocycles. The van der Waals surface area contributed by atoms with E-state index >= 15 is 0 Å². The Morgan fingerprint density at radius 1 is 1.09 bits per heavy atom. The molecule has 1 aliphatic rings. The first-order valence-corrected chi connectivity index (χ1v) is 7.43. The minimum atomic E-state index is -0.523. The highest BCUT2D eigenvalue weighted by molar-refractivity contribution is 6.02. The van der Waals surface area contributed by atoms with Gasteiger partial charge in [-0.3, -0.25) is 9.63 Å². The van der Waals surface area contributed by atoms with E-state index in [1.54, 1.807) is 17.2 Å². The summed E-state index contributed by atoms with van der Waals surface area (Å²) >= 11 is 0. The van der Waals surface area contributed by atoms with E-state index in [0.29, 0.717) is 5.56 Å². The van der Waals surface area contributed by atoms with E-state index in [1.807, 2.05) is 55.5 Å². The summed E-state index contributed by atoms with van der Waals surface area (Å²) in [6.07, 6.45) is -0.220. The summed E-state index contributed by atoms with van der Waals surface area (Å²) in [7, 11) is 0. The molecule has 0 bridgehead atoms. The number of carbonyl (C=O) groups excluding carboxylic acids is 1. The van der Waals surface area contributed by atoms with Crippen molar-refractivity contribution in [2.45, 2.75) is 19.1 Å². The summed E-state index contributed by atoms with van der Waals surface area (Å²) in [4.78, 5) is 18.8. The highest BCUT2D eigenvalue weighted by Gasteiger charge is 2.45. The third-order valence-electron chi connectivity index (χ3n) is 4.09. The van der Waals surface area contributed by atoms with Gasteiger partial charge in [0.25, 0.3) is 0 Å². The molecule has 0 saturated carbocycles. The molecule has 1 heterocycles. The molecule has 0 radical (unpaired) electrons. The molecule has 22 heavy (non-hydrogen) atoms. The average molecular weight is 297 g/mol. The van der Waals surface area contributed by atoms with Crippen molar-refractivity contribution in [1.82, 2.24) is 0 Å². The third-order valence-corrected chi connectivity index (χ3v) is 4.09. The smallest absolute Gasteiger partial charge is 0.188 e. The van der Waals surface area contributed by atoms with Crippen molar-refractivity contribution >= 4 is 11.5 Å². The molecule has 3 unspecified atom stereocenters. The molecule has 0 aliphatic carbocycles. The van der Waals surface area contributed by atoms with Crippen LogP contribution in [0.3, 0.4) is 0 Å². The molecule has 1 fully saturated rings. The van der Waals surface area contributed by atoms with Gasteiger partial charge in [0.05, 0.1) is 18.4 Å². The second-order valence-electron chi connectivity index (χ2n) is 5.49. The van der Waals surface area contributed by atoms with Crippen molar-refractivity contribution in [3.8, 4) is 0 Å². The Hall–Kier alpha value is -2.17. The number of carbonyl (C=O) groups is 1. The Morgan fingerprint density at radius 3 is 2.27 bits per heavy atom. The Morgan fingerprint density at radius 2 is 1.68 bits per heavy atom. The number of anilines is 1. The van der Waals surface area contributed by atoms with Crippen LogP contribution in [0.25, 0.3) is 0 Å². The van der Waals surface area contributed by atoms with Crippen LogP contribution in [-0.2, 0) is 4.84 Å². The number of hydrogen-bond acceptors (Lipinski definition) is 4. The number of hydrogen-bond donors (Lipinski definition) is 1. The predicted molar refractivity (Wildman–Crippen MR) is 84.6 cm³/mol. The number of rotatable bonds is 4. The molecule has 2 aromatic rings. The first-order chi connectivity index (χ1) is 10.7. The lowest BCUT2D eigenvalue weighted by Gasteiger charge is -2.25. The van der Waals surface area contributed by atoms with Crippen LogP contribution < -0.4 is 5.06 Å². The largest absolute Gasteiger partial charge is 0.396 e. The Balaban J connectivity index is 1.97. The normalized spacial score (nSPS) is 24.5. The van der Waals surface area contributed by atoms with Crippen LogP contribution in [-0.4, -0.2) is 29.6 Å². The third kappa shape index (κ3) is 2.63. The van der Waals surface area contributed by atoms with Crippen molar-refractivity contribution in [3.05, 3.63) is 66.2 Å².